The quantitative estimate of drug-likeness (QED) is 0.285. The monoisotopic (exact) mass is 487 g/mol. The van der Waals surface area contributed by atoms with E-state index < -0.39 is 20.1 Å². The van der Waals surface area contributed by atoms with Crippen LogP contribution in [0.15, 0.2) is 87.7 Å². The summed E-state index contributed by atoms with van der Waals surface area (Å²) in [7, 11) is -8.08. The first-order valence-corrected chi connectivity index (χ1v) is 12.5. The van der Waals surface area contributed by atoms with Gasteiger partial charge in [0, 0.05) is 18.2 Å². The van der Waals surface area contributed by atoms with Gasteiger partial charge in [-0.15, -0.1) is 0 Å². The van der Waals surface area contributed by atoms with Crippen molar-refractivity contribution in [1.82, 2.24) is 4.83 Å². The summed E-state index contributed by atoms with van der Waals surface area (Å²) in [6.45, 7) is 3.18. The number of hydrogen-bond donors (Lipinski definition) is 2. The van der Waals surface area contributed by atoms with Gasteiger partial charge in [0.2, 0.25) is 5.91 Å². The van der Waals surface area contributed by atoms with Gasteiger partial charge in [-0.3, -0.25) is 4.79 Å². The average Bonchev–Trinajstić information content (AvgIpc) is 2.75. The van der Waals surface area contributed by atoms with Gasteiger partial charge in [-0.2, -0.15) is 21.9 Å². The van der Waals surface area contributed by atoms with Crippen LogP contribution in [0.3, 0.4) is 0 Å². The molecule has 0 atom stereocenters. The second-order valence-corrected chi connectivity index (χ2v) is 10.2. The maximum absolute atomic E-state index is 12.7. The van der Waals surface area contributed by atoms with E-state index in [0.717, 1.165) is 11.8 Å². The zero-order chi connectivity index (χ0) is 24.1. The van der Waals surface area contributed by atoms with Gasteiger partial charge >= 0.3 is 10.1 Å². The van der Waals surface area contributed by atoms with Crippen molar-refractivity contribution in [2.75, 3.05) is 5.32 Å². The summed E-state index contributed by atoms with van der Waals surface area (Å²) in [5.41, 5.74) is 1.59. The van der Waals surface area contributed by atoms with Gasteiger partial charge in [-0.05, 0) is 55.5 Å². The Hall–Kier alpha value is -3.70. The number of para-hydroxylation sites is 1. The number of anilines is 1. The Morgan fingerprint density at radius 1 is 0.879 bits per heavy atom. The van der Waals surface area contributed by atoms with Crippen LogP contribution in [0.25, 0.3) is 0 Å². The molecule has 0 bridgehead atoms. The highest BCUT2D eigenvalue weighted by Gasteiger charge is 2.18. The highest BCUT2D eigenvalue weighted by Crippen LogP contribution is 2.23. The molecule has 0 fully saturated rings. The molecule has 1 amide bonds. The molecule has 0 aliphatic heterocycles. The highest BCUT2D eigenvalue weighted by molar-refractivity contribution is 7.89. The van der Waals surface area contributed by atoms with E-state index >= 15 is 0 Å². The van der Waals surface area contributed by atoms with Crippen LogP contribution < -0.4 is 14.3 Å². The van der Waals surface area contributed by atoms with Crippen molar-refractivity contribution in [3.63, 3.8) is 0 Å². The van der Waals surface area contributed by atoms with Gasteiger partial charge in [0.1, 0.15) is 4.90 Å². The molecule has 0 spiro atoms. The predicted molar refractivity (Wildman–Crippen MR) is 124 cm³/mol. The maximum Gasteiger partial charge on any atom is 0.339 e. The van der Waals surface area contributed by atoms with Crippen LogP contribution in [-0.2, 0) is 24.9 Å². The van der Waals surface area contributed by atoms with Crippen molar-refractivity contribution in [1.29, 1.82) is 0 Å². The van der Waals surface area contributed by atoms with Gasteiger partial charge in [-0.25, -0.2) is 4.83 Å². The van der Waals surface area contributed by atoms with Crippen molar-refractivity contribution in [3.8, 4) is 5.75 Å². The number of nitrogens with zero attached hydrogens (tertiary/aromatic N) is 1. The van der Waals surface area contributed by atoms with Gasteiger partial charge in [0.25, 0.3) is 10.0 Å². The average molecular weight is 488 g/mol. The number of benzene rings is 3. The van der Waals surface area contributed by atoms with Crippen molar-refractivity contribution in [2.24, 2.45) is 5.10 Å². The molecule has 0 aliphatic rings. The van der Waals surface area contributed by atoms with Gasteiger partial charge < -0.3 is 9.50 Å². The molecule has 3 rings (SSSR count). The number of hydrazone groups is 1. The Bertz CT molecular complexity index is 1380. The minimum atomic E-state index is -4.19. The molecular formula is C22H21N3O6S2. The Labute approximate surface area is 192 Å². The fourth-order valence-electron chi connectivity index (χ4n) is 2.67. The molecule has 0 unspecified atom stereocenters. The Morgan fingerprint density at radius 2 is 1.48 bits per heavy atom. The van der Waals surface area contributed by atoms with Crippen LogP contribution in [0, 0.1) is 6.92 Å². The van der Waals surface area contributed by atoms with Crippen molar-refractivity contribution >= 4 is 38.0 Å². The van der Waals surface area contributed by atoms with E-state index in [2.05, 4.69) is 15.2 Å². The lowest BCUT2D eigenvalue weighted by Crippen LogP contribution is -2.18. The second-order valence-electron chi connectivity index (χ2n) is 6.95. The third kappa shape index (κ3) is 6.40. The van der Waals surface area contributed by atoms with Crippen molar-refractivity contribution < 1.29 is 25.8 Å². The van der Waals surface area contributed by atoms with E-state index in [9.17, 15) is 21.6 Å². The minimum Gasteiger partial charge on any atom is -0.378 e. The van der Waals surface area contributed by atoms with E-state index in [1.54, 1.807) is 24.3 Å². The third-order valence-electron chi connectivity index (χ3n) is 4.29. The zero-order valence-electron chi connectivity index (χ0n) is 17.7. The predicted octanol–water partition coefficient (Wildman–Crippen LogP) is 3.03. The minimum absolute atomic E-state index is 0.0401. The fourth-order valence-corrected chi connectivity index (χ4v) is 4.42. The number of sulfonamides is 1. The first-order valence-electron chi connectivity index (χ1n) is 9.59. The summed E-state index contributed by atoms with van der Waals surface area (Å²) in [6, 6.07) is 17.8. The number of rotatable bonds is 8. The van der Waals surface area contributed by atoms with E-state index in [4.69, 9.17) is 4.18 Å². The van der Waals surface area contributed by atoms with Crippen LogP contribution in [0.4, 0.5) is 5.69 Å². The van der Waals surface area contributed by atoms with Crippen molar-refractivity contribution in [2.45, 2.75) is 23.6 Å². The van der Waals surface area contributed by atoms with Crippen LogP contribution in [0.2, 0.25) is 0 Å². The fraction of sp³-hybridized carbons (Fsp3) is 0.0909. The van der Waals surface area contributed by atoms with Gasteiger partial charge in [-0.1, -0.05) is 29.8 Å². The molecule has 9 nitrogen and oxygen atoms in total. The number of nitrogens with one attached hydrogen (secondary N) is 2. The molecular weight excluding hydrogens is 466 g/mol. The molecule has 0 heterocycles. The SMILES string of the molecule is CC(=O)Nc1ccc(S(=O)(=O)Oc2ccccc2C=NNS(=O)(=O)c2ccc(C)cc2)cc1. The molecule has 3 aromatic carbocycles. The van der Waals surface area contributed by atoms with E-state index in [1.165, 1.54) is 55.5 Å². The second kappa shape index (κ2) is 9.84. The summed E-state index contributed by atoms with van der Waals surface area (Å²) < 4.78 is 55.3. The number of amides is 1. The smallest absolute Gasteiger partial charge is 0.339 e. The van der Waals surface area contributed by atoms with E-state index in [-0.39, 0.29) is 27.0 Å². The first kappa shape index (κ1) is 24.0. The van der Waals surface area contributed by atoms with Crippen LogP contribution in [0.5, 0.6) is 5.75 Å². The maximum atomic E-state index is 12.7. The zero-order valence-corrected chi connectivity index (χ0v) is 19.4. The molecule has 0 aliphatic carbocycles. The Balaban J connectivity index is 1.77. The summed E-state index contributed by atoms with van der Waals surface area (Å²) >= 11 is 0. The van der Waals surface area contributed by atoms with E-state index in [1.807, 2.05) is 6.92 Å². The largest absolute Gasteiger partial charge is 0.378 e. The highest BCUT2D eigenvalue weighted by atomic mass is 32.2. The summed E-state index contributed by atoms with van der Waals surface area (Å²) in [6.07, 6.45) is 1.15. The number of hydrogen-bond acceptors (Lipinski definition) is 7. The lowest BCUT2D eigenvalue weighted by Gasteiger charge is -2.10. The van der Waals surface area contributed by atoms with Gasteiger partial charge in [0.05, 0.1) is 11.1 Å². The lowest BCUT2D eigenvalue weighted by atomic mass is 10.2. The molecule has 2 N–H and O–H groups in total. The molecule has 11 heteroatoms. The van der Waals surface area contributed by atoms with Crippen LogP contribution in [-0.4, -0.2) is 29.0 Å². The number of carbonyl (C=O) groups is 1. The lowest BCUT2D eigenvalue weighted by molar-refractivity contribution is -0.114. The first-order chi connectivity index (χ1) is 15.6. The topological polar surface area (TPSA) is 131 Å². The number of aryl methyl sites for hydroxylation is 1. The summed E-state index contributed by atoms with van der Waals surface area (Å²) in [4.78, 5) is 13.1. The number of carbonyl (C=O) groups excluding carboxylic acids is 1. The summed E-state index contributed by atoms with van der Waals surface area (Å²) in [5.74, 6) is -0.324. The van der Waals surface area contributed by atoms with Crippen LogP contribution in [0.1, 0.15) is 18.1 Å². The molecule has 0 radical (unpaired) electrons. The van der Waals surface area contributed by atoms with E-state index in [0.29, 0.717) is 5.69 Å². The molecule has 0 saturated carbocycles. The third-order valence-corrected chi connectivity index (χ3v) is 6.78. The van der Waals surface area contributed by atoms with Crippen molar-refractivity contribution in [3.05, 3.63) is 83.9 Å². The molecule has 0 aromatic heterocycles. The molecule has 0 saturated heterocycles. The summed E-state index contributed by atoms with van der Waals surface area (Å²) in [5, 5.41) is 6.28. The molecule has 33 heavy (non-hydrogen) atoms. The molecule has 3 aromatic rings. The Kier molecular flexibility index (Phi) is 7.14. The Morgan fingerprint density at radius 3 is 2.12 bits per heavy atom. The van der Waals surface area contributed by atoms with Gasteiger partial charge in [0.15, 0.2) is 5.75 Å². The molecule has 172 valence electrons. The standard InChI is InChI=1S/C22H21N3O6S2/c1-16-7-11-20(12-8-16)32(27,28)25-23-15-18-5-3-4-6-22(18)31-33(29,30)21-13-9-19(10-14-21)24-17(2)26/h3-15,25H,1-2H3,(H,24,26). The normalized spacial score (nSPS) is 11.8. The van der Waals surface area contributed by atoms with Crippen LogP contribution >= 0.6 is 0 Å².